The van der Waals surface area contributed by atoms with E-state index in [9.17, 15) is 8.42 Å². The second kappa shape index (κ2) is 10.8. The minimum Gasteiger partial charge on any atom is -0.263 e. The number of aryl methyl sites for hydroxylation is 1. The number of benzene rings is 1. The molecule has 1 aromatic rings. The van der Waals surface area contributed by atoms with Gasteiger partial charge in [-0.25, -0.2) is 0 Å². The Balaban J connectivity index is 1.29. The molecule has 4 aliphatic carbocycles. The summed E-state index contributed by atoms with van der Waals surface area (Å²) in [5.74, 6) is 4.59. The topological polar surface area (TPSA) is 43.4 Å². The van der Waals surface area contributed by atoms with Gasteiger partial charge < -0.3 is 0 Å². The van der Waals surface area contributed by atoms with Crippen LogP contribution in [0.5, 0.6) is 0 Å². The molecule has 0 amide bonds. The predicted molar refractivity (Wildman–Crippen MR) is 161 cm³/mol. The molecule has 0 saturated heterocycles. The van der Waals surface area contributed by atoms with Crippen LogP contribution in [0.4, 0.5) is 0 Å². The summed E-state index contributed by atoms with van der Waals surface area (Å²) in [6, 6.07) is 7.02. The molecule has 4 aliphatic rings. The van der Waals surface area contributed by atoms with Crippen molar-refractivity contribution in [3.63, 3.8) is 0 Å². The number of hydrogen-bond donors (Lipinski definition) is 0. The highest BCUT2D eigenvalue weighted by Crippen LogP contribution is 2.67. The summed E-state index contributed by atoms with van der Waals surface area (Å²) in [5, 5.41) is 0. The van der Waals surface area contributed by atoms with Gasteiger partial charge in [0.15, 0.2) is 0 Å². The predicted octanol–water partition coefficient (Wildman–Crippen LogP) is 9.13. The Kier molecular flexibility index (Phi) is 8.05. The number of rotatable bonds is 7. The standard InChI is InChI=1S/C35H52O3S/c1-23(2)25(4)10-11-26(5)31-16-17-32-30-15-12-27-22-28(38-39(36,37)29-13-8-24(3)9-14-29)18-20-34(27,6)33(30)19-21-35(31,32)7/h8-11,13-15,23,25-28,31-33H,12,16-22H2,1-7H3/b11-10+/t25-,26+,27+,28+,31-,32+,33-,34+,35-/m0/s1. The monoisotopic (exact) mass is 552 g/mol. The molecule has 0 bridgehead atoms. The van der Waals surface area contributed by atoms with E-state index < -0.39 is 10.1 Å². The Bertz CT molecular complexity index is 1190. The zero-order valence-electron chi connectivity index (χ0n) is 25.5. The molecule has 3 fully saturated rings. The molecule has 0 aliphatic heterocycles. The fraction of sp³-hybridized carbons (Fsp3) is 0.714. The summed E-state index contributed by atoms with van der Waals surface area (Å²) >= 11 is 0. The average molecular weight is 553 g/mol. The fourth-order valence-electron chi connectivity index (χ4n) is 9.11. The van der Waals surface area contributed by atoms with Crippen LogP contribution < -0.4 is 0 Å². The second-order valence-corrected chi connectivity index (χ2v) is 16.2. The molecular weight excluding hydrogens is 500 g/mol. The minimum absolute atomic E-state index is 0.213. The molecule has 0 N–H and O–H groups in total. The summed E-state index contributed by atoms with van der Waals surface area (Å²) in [7, 11) is -3.73. The van der Waals surface area contributed by atoms with Crippen LogP contribution in [0.25, 0.3) is 0 Å². The van der Waals surface area contributed by atoms with Crippen LogP contribution in [-0.4, -0.2) is 14.5 Å². The number of fused-ring (bicyclic) bond motifs is 5. The third kappa shape index (κ3) is 5.34. The maximum atomic E-state index is 13.0. The third-order valence-electron chi connectivity index (χ3n) is 12.1. The lowest BCUT2D eigenvalue weighted by Gasteiger charge is -2.58. The van der Waals surface area contributed by atoms with E-state index >= 15 is 0 Å². The van der Waals surface area contributed by atoms with E-state index in [1.54, 1.807) is 17.7 Å². The van der Waals surface area contributed by atoms with Gasteiger partial charge in [0.1, 0.15) is 0 Å². The van der Waals surface area contributed by atoms with Crippen LogP contribution in [0, 0.1) is 59.2 Å². The van der Waals surface area contributed by atoms with Crippen molar-refractivity contribution in [2.24, 2.45) is 52.3 Å². The van der Waals surface area contributed by atoms with E-state index in [0.29, 0.717) is 40.9 Å². The first-order valence-electron chi connectivity index (χ1n) is 15.7. The van der Waals surface area contributed by atoms with Crippen molar-refractivity contribution in [3.8, 4) is 0 Å². The molecule has 3 nitrogen and oxygen atoms in total. The molecule has 39 heavy (non-hydrogen) atoms. The Morgan fingerprint density at radius 2 is 1.56 bits per heavy atom. The number of hydrogen-bond acceptors (Lipinski definition) is 3. The molecule has 0 unspecified atom stereocenters. The van der Waals surface area contributed by atoms with Crippen molar-refractivity contribution in [1.82, 2.24) is 0 Å². The zero-order chi connectivity index (χ0) is 28.2. The van der Waals surface area contributed by atoms with Crippen LogP contribution in [0.1, 0.15) is 98.5 Å². The molecule has 9 atom stereocenters. The van der Waals surface area contributed by atoms with Crippen LogP contribution >= 0.6 is 0 Å². The highest BCUT2D eigenvalue weighted by molar-refractivity contribution is 7.86. The molecular formula is C35H52O3S. The van der Waals surface area contributed by atoms with E-state index in [1.165, 1.54) is 25.7 Å². The largest absolute Gasteiger partial charge is 0.297 e. The summed E-state index contributed by atoms with van der Waals surface area (Å²) in [6.45, 7) is 16.5. The fourth-order valence-corrected chi connectivity index (χ4v) is 10.2. The van der Waals surface area contributed by atoms with Crippen molar-refractivity contribution in [3.05, 3.63) is 53.6 Å². The van der Waals surface area contributed by atoms with Gasteiger partial charge in [-0.05, 0) is 123 Å². The summed E-state index contributed by atoms with van der Waals surface area (Å²) < 4.78 is 31.9. The van der Waals surface area contributed by atoms with Gasteiger partial charge in [-0.3, -0.25) is 4.18 Å². The van der Waals surface area contributed by atoms with Crippen molar-refractivity contribution >= 4 is 10.1 Å². The van der Waals surface area contributed by atoms with Gasteiger partial charge in [0.2, 0.25) is 0 Å². The van der Waals surface area contributed by atoms with Crippen LogP contribution in [0.2, 0.25) is 0 Å². The minimum atomic E-state index is -3.73. The molecule has 5 rings (SSSR count). The normalized spacial score (nSPS) is 38.2. The molecule has 3 saturated carbocycles. The van der Waals surface area contributed by atoms with Gasteiger partial charge >= 0.3 is 0 Å². The maximum Gasteiger partial charge on any atom is 0.297 e. The molecule has 0 spiro atoms. The van der Waals surface area contributed by atoms with Gasteiger partial charge in [-0.2, -0.15) is 8.42 Å². The maximum absolute atomic E-state index is 13.0. The Morgan fingerprint density at radius 3 is 2.26 bits per heavy atom. The summed E-state index contributed by atoms with van der Waals surface area (Å²) in [6.07, 6.45) is 16.5. The lowest BCUT2D eigenvalue weighted by Crippen LogP contribution is -2.50. The van der Waals surface area contributed by atoms with E-state index in [1.807, 2.05) is 19.1 Å². The summed E-state index contributed by atoms with van der Waals surface area (Å²) in [5.41, 5.74) is 3.48. The number of allylic oxidation sites excluding steroid dienone is 4. The quantitative estimate of drug-likeness (QED) is 0.250. The van der Waals surface area contributed by atoms with Crippen LogP contribution in [-0.2, 0) is 14.3 Å². The molecule has 0 aromatic heterocycles. The lowest BCUT2D eigenvalue weighted by molar-refractivity contribution is -0.0339. The van der Waals surface area contributed by atoms with E-state index in [-0.39, 0.29) is 16.4 Å². The SMILES string of the molecule is Cc1ccc(S(=O)(=O)O[C@@H]2CC[C@]3(C)[C@H](CC=C4[C@H]5CC[C@@H]([C@H](C)/C=C/[C@H](C)C(C)C)[C@]5(C)CC[C@@H]43)C2)cc1. The van der Waals surface area contributed by atoms with Crippen molar-refractivity contribution in [2.45, 2.75) is 111 Å². The Hall–Kier alpha value is -1.39. The van der Waals surface area contributed by atoms with Crippen molar-refractivity contribution in [2.75, 3.05) is 0 Å². The van der Waals surface area contributed by atoms with Crippen LogP contribution in [0.15, 0.2) is 53.0 Å². The second-order valence-electron chi connectivity index (χ2n) is 14.6. The summed E-state index contributed by atoms with van der Waals surface area (Å²) in [4.78, 5) is 0.275. The molecule has 0 radical (unpaired) electrons. The van der Waals surface area contributed by atoms with Gasteiger partial charge in [-0.1, -0.05) is 83.0 Å². The smallest absolute Gasteiger partial charge is 0.263 e. The average Bonchev–Trinajstić information content (AvgIpc) is 3.24. The first kappa shape index (κ1) is 29.1. The zero-order valence-corrected chi connectivity index (χ0v) is 26.3. The van der Waals surface area contributed by atoms with Gasteiger partial charge in [0.25, 0.3) is 10.1 Å². The van der Waals surface area contributed by atoms with Crippen molar-refractivity contribution in [1.29, 1.82) is 0 Å². The molecule has 0 heterocycles. The third-order valence-corrected chi connectivity index (χ3v) is 13.5. The van der Waals surface area contributed by atoms with Crippen molar-refractivity contribution < 1.29 is 12.6 Å². The van der Waals surface area contributed by atoms with E-state index in [4.69, 9.17) is 4.18 Å². The Morgan fingerprint density at radius 1 is 0.897 bits per heavy atom. The highest BCUT2D eigenvalue weighted by atomic mass is 32.2. The van der Waals surface area contributed by atoms with Gasteiger partial charge in [-0.15, -0.1) is 0 Å². The molecule has 216 valence electrons. The van der Waals surface area contributed by atoms with E-state index in [2.05, 4.69) is 59.8 Å². The van der Waals surface area contributed by atoms with E-state index in [0.717, 1.165) is 37.2 Å². The van der Waals surface area contributed by atoms with Gasteiger partial charge in [0.05, 0.1) is 11.0 Å². The Labute approximate surface area is 239 Å². The molecule has 1 aromatic carbocycles. The molecule has 4 heteroatoms. The lowest BCUT2D eigenvalue weighted by atomic mass is 9.47. The van der Waals surface area contributed by atoms with Gasteiger partial charge in [0, 0.05) is 0 Å². The first-order chi connectivity index (χ1) is 18.3. The first-order valence-corrected chi connectivity index (χ1v) is 17.1. The van der Waals surface area contributed by atoms with Crippen LogP contribution in [0.3, 0.4) is 0 Å². The highest BCUT2D eigenvalue weighted by Gasteiger charge is 2.58.